The summed E-state index contributed by atoms with van der Waals surface area (Å²) < 4.78 is 16.3. The molecule has 2 amide bonds. The summed E-state index contributed by atoms with van der Waals surface area (Å²) in [6.45, 7) is 3.95. The third kappa shape index (κ3) is 4.04. The van der Waals surface area contributed by atoms with Crippen molar-refractivity contribution in [3.8, 4) is 17.2 Å². The molecule has 0 spiro atoms. The van der Waals surface area contributed by atoms with Gasteiger partial charge in [0.15, 0.2) is 11.5 Å². The second-order valence-electron chi connectivity index (χ2n) is 6.17. The largest absolute Gasteiger partial charge is 0.492 e. The molecule has 1 aliphatic carbocycles. The van der Waals surface area contributed by atoms with Crippen molar-refractivity contribution < 1.29 is 19.0 Å². The van der Waals surface area contributed by atoms with Gasteiger partial charge in [-0.05, 0) is 31.9 Å². The van der Waals surface area contributed by atoms with Gasteiger partial charge in [-0.2, -0.15) is 0 Å². The monoisotopic (exact) mass is 334 g/mol. The Hall–Kier alpha value is -2.11. The average Bonchev–Trinajstić information content (AvgIpc) is 3.08. The van der Waals surface area contributed by atoms with Crippen molar-refractivity contribution in [1.82, 2.24) is 10.2 Å². The van der Waals surface area contributed by atoms with E-state index in [-0.39, 0.29) is 12.8 Å². The number of hydrogen-bond acceptors (Lipinski definition) is 4. The van der Waals surface area contributed by atoms with Crippen molar-refractivity contribution >= 4 is 6.03 Å². The van der Waals surface area contributed by atoms with Crippen LogP contribution in [0.4, 0.5) is 4.79 Å². The van der Waals surface area contributed by atoms with Crippen LogP contribution in [0.5, 0.6) is 17.2 Å². The Morgan fingerprint density at radius 2 is 2.04 bits per heavy atom. The number of hydrogen-bond donors (Lipinski definition) is 1. The number of nitrogens with zero attached hydrogens (tertiary/aromatic N) is 1. The number of fused-ring (bicyclic) bond motifs is 1. The van der Waals surface area contributed by atoms with Gasteiger partial charge >= 0.3 is 6.03 Å². The maximum Gasteiger partial charge on any atom is 0.317 e. The van der Waals surface area contributed by atoms with E-state index in [1.165, 1.54) is 19.3 Å². The zero-order valence-corrected chi connectivity index (χ0v) is 14.3. The first-order chi connectivity index (χ1) is 11.8. The standard InChI is InChI=1S/C18H26N2O4/c1-2-20(14-6-4-3-5-7-14)18(21)19-10-11-22-15-8-9-16-17(12-15)24-13-23-16/h8-9,12,14H,2-7,10-11,13H2,1H3,(H,19,21). The quantitative estimate of drug-likeness (QED) is 0.812. The van der Waals surface area contributed by atoms with E-state index in [1.807, 2.05) is 30.0 Å². The van der Waals surface area contributed by atoms with Gasteiger partial charge in [-0.15, -0.1) is 0 Å². The van der Waals surface area contributed by atoms with Crippen molar-refractivity contribution in [2.75, 3.05) is 26.5 Å². The van der Waals surface area contributed by atoms with Crippen LogP contribution in [-0.4, -0.2) is 43.5 Å². The first-order valence-electron chi connectivity index (χ1n) is 8.85. The lowest BCUT2D eigenvalue weighted by Gasteiger charge is -2.33. The minimum absolute atomic E-state index is 0.0127. The number of rotatable bonds is 6. The first-order valence-corrected chi connectivity index (χ1v) is 8.85. The topological polar surface area (TPSA) is 60.0 Å². The molecule has 1 N–H and O–H groups in total. The molecule has 0 unspecified atom stereocenters. The minimum Gasteiger partial charge on any atom is -0.492 e. The molecular formula is C18H26N2O4. The third-order valence-corrected chi connectivity index (χ3v) is 4.61. The predicted octanol–water partition coefficient (Wildman–Crippen LogP) is 3.16. The van der Waals surface area contributed by atoms with Crippen LogP contribution in [-0.2, 0) is 0 Å². The Bertz CT molecular complexity index is 558. The van der Waals surface area contributed by atoms with E-state index in [0.717, 1.165) is 25.1 Å². The molecule has 1 aliphatic heterocycles. The highest BCUT2D eigenvalue weighted by Gasteiger charge is 2.23. The van der Waals surface area contributed by atoms with Crippen molar-refractivity contribution in [2.45, 2.75) is 45.1 Å². The molecule has 1 fully saturated rings. The molecule has 132 valence electrons. The smallest absolute Gasteiger partial charge is 0.317 e. The molecule has 0 radical (unpaired) electrons. The summed E-state index contributed by atoms with van der Waals surface area (Å²) >= 11 is 0. The molecule has 1 heterocycles. The lowest BCUT2D eigenvalue weighted by Crippen LogP contribution is -2.47. The number of carbonyl (C=O) groups excluding carboxylic acids is 1. The molecule has 1 saturated carbocycles. The van der Waals surface area contributed by atoms with Crippen LogP contribution < -0.4 is 19.5 Å². The first kappa shape index (κ1) is 16.7. The van der Waals surface area contributed by atoms with Crippen molar-refractivity contribution in [1.29, 1.82) is 0 Å². The maximum absolute atomic E-state index is 12.4. The van der Waals surface area contributed by atoms with Gasteiger partial charge in [0.1, 0.15) is 12.4 Å². The number of ether oxygens (including phenoxy) is 3. The van der Waals surface area contributed by atoms with Gasteiger partial charge in [-0.3, -0.25) is 0 Å². The molecule has 3 rings (SSSR count). The lowest BCUT2D eigenvalue weighted by molar-refractivity contribution is 0.158. The van der Waals surface area contributed by atoms with Gasteiger partial charge in [0, 0.05) is 18.7 Å². The van der Waals surface area contributed by atoms with Gasteiger partial charge in [0.25, 0.3) is 0 Å². The number of amides is 2. The molecule has 1 aromatic carbocycles. The molecule has 1 aromatic rings. The summed E-state index contributed by atoms with van der Waals surface area (Å²) in [5, 5.41) is 2.96. The van der Waals surface area contributed by atoms with Crippen LogP contribution in [0.25, 0.3) is 0 Å². The van der Waals surface area contributed by atoms with Crippen LogP contribution in [0.3, 0.4) is 0 Å². The fourth-order valence-corrected chi connectivity index (χ4v) is 3.36. The summed E-state index contributed by atoms with van der Waals surface area (Å²) in [6, 6.07) is 5.88. The van der Waals surface area contributed by atoms with Crippen LogP contribution in [0.15, 0.2) is 18.2 Å². The molecule has 0 saturated heterocycles. The SMILES string of the molecule is CCN(C(=O)NCCOc1ccc2c(c1)OCO2)C1CCCCC1. The second-order valence-corrected chi connectivity index (χ2v) is 6.17. The highest BCUT2D eigenvalue weighted by molar-refractivity contribution is 5.74. The lowest BCUT2D eigenvalue weighted by atomic mass is 9.94. The molecular weight excluding hydrogens is 308 g/mol. The van der Waals surface area contributed by atoms with Crippen LogP contribution in [0.1, 0.15) is 39.0 Å². The fourth-order valence-electron chi connectivity index (χ4n) is 3.36. The highest BCUT2D eigenvalue weighted by Crippen LogP contribution is 2.35. The van der Waals surface area contributed by atoms with E-state index in [4.69, 9.17) is 14.2 Å². The molecule has 0 atom stereocenters. The van der Waals surface area contributed by atoms with E-state index in [1.54, 1.807) is 0 Å². The Morgan fingerprint density at radius 3 is 2.83 bits per heavy atom. The Labute approximate surface area is 143 Å². The highest BCUT2D eigenvalue weighted by atomic mass is 16.7. The second kappa shape index (κ2) is 8.13. The van der Waals surface area contributed by atoms with Gasteiger partial charge in [0.05, 0.1) is 6.54 Å². The summed E-state index contributed by atoms with van der Waals surface area (Å²) in [7, 11) is 0. The molecule has 6 heteroatoms. The zero-order chi connectivity index (χ0) is 16.8. The van der Waals surface area contributed by atoms with Crippen molar-refractivity contribution in [3.63, 3.8) is 0 Å². The van der Waals surface area contributed by atoms with E-state index >= 15 is 0 Å². The number of nitrogens with one attached hydrogen (secondary N) is 1. The molecule has 0 aromatic heterocycles. The number of urea groups is 1. The predicted molar refractivity (Wildman–Crippen MR) is 90.7 cm³/mol. The maximum atomic E-state index is 12.4. The van der Waals surface area contributed by atoms with Gasteiger partial charge < -0.3 is 24.4 Å². The van der Waals surface area contributed by atoms with Gasteiger partial charge in [0.2, 0.25) is 6.79 Å². The third-order valence-electron chi connectivity index (χ3n) is 4.61. The van der Waals surface area contributed by atoms with Crippen LogP contribution in [0, 0.1) is 0 Å². The number of benzene rings is 1. The number of carbonyl (C=O) groups is 1. The summed E-state index contributed by atoms with van der Waals surface area (Å²) in [6.07, 6.45) is 5.98. The molecule has 0 bridgehead atoms. The fraction of sp³-hybridized carbons (Fsp3) is 0.611. The Kier molecular flexibility index (Phi) is 5.67. The zero-order valence-electron chi connectivity index (χ0n) is 14.3. The van der Waals surface area contributed by atoms with Crippen molar-refractivity contribution in [2.24, 2.45) is 0 Å². The molecule has 2 aliphatic rings. The van der Waals surface area contributed by atoms with Crippen LogP contribution in [0.2, 0.25) is 0 Å². The normalized spacial score (nSPS) is 16.7. The summed E-state index contributed by atoms with van der Waals surface area (Å²) in [4.78, 5) is 14.3. The average molecular weight is 334 g/mol. The van der Waals surface area contributed by atoms with Gasteiger partial charge in [-0.1, -0.05) is 19.3 Å². The molecule has 24 heavy (non-hydrogen) atoms. The van der Waals surface area contributed by atoms with Crippen molar-refractivity contribution in [3.05, 3.63) is 18.2 Å². The minimum atomic E-state index is 0.0127. The summed E-state index contributed by atoms with van der Waals surface area (Å²) in [5.74, 6) is 2.15. The van der Waals surface area contributed by atoms with E-state index < -0.39 is 0 Å². The van der Waals surface area contributed by atoms with E-state index in [2.05, 4.69) is 5.32 Å². The van der Waals surface area contributed by atoms with Gasteiger partial charge in [-0.25, -0.2) is 4.79 Å². The van der Waals surface area contributed by atoms with E-state index in [0.29, 0.717) is 30.7 Å². The van der Waals surface area contributed by atoms with E-state index in [9.17, 15) is 4.79 Å². The summed E-state index contributed by atoms with van der Waals surface area (Å²) in [5.41, 5.74) is 0. The Morgan fingerprint density at radius 1 is 1.25 bits per heavy atom. The Balaban J connectivity index is 1.41. The molecule has 6 nitrogen and oxygen atoms in total. The van der Waals surface area contributed by atoms with Crippen LogP contribution >= 0.6 is 0 Å².